The molecule has 6 aromatic rings. The van der Waals surface area contributed by atoms with Gasteiger partial charge in [0.05, 0.1) is 18.1 Å². The third-order valence-corrected chi connectivity index (χ3v) is 9.09. The minimum atomic E-state index is 0.180. The summed E-state index contributed by atoms with van der Waals surface area (Å²) in [7, 11) is 1.71. The molecule has 0 fully saturated rings. The Morgan fingerprint density at radius 1 is 0.619 bits per heavy atom. The molecule has 0 radical (unpaired) electrons. The Hall–Kier alpha value is -4.30. The molecule has 0 amide bonds. The number of methoxy groups -OCH3 is 1. The lowest BCUT2D eigenvalue weighted by atomic mass is 9.82. The van der Waals surface area contributed by atoms with Crippen LogP contribution in [0.5, 0.6) is 5.75 Å². The minimum Gasteiger partial charge on any atom is -0.497 e. The number of benzene rings is 5. The van der Waals surface area contributed by atoms with Gasteiger partial charge in [0, 0.05) is 16.5 Å². The molecule has 0 saturated heterocycles. The summed E-state index contributed by atoms with van der Waals surface area (Å²) in [5, 5.41) is 2.53. The van der Waals surface area contributed by atoms with Gasteiger partial charge in [-0.25, -0.2) is 0 Å². The van der Waals surface area contributed by atoms with Crippen molar-refractivity contribution in [3.8, 4) is 33.7 Å². The number of nitrogens with zero attached hydrogens (tertiary/aromatic N) is 1. The topological polar surface area (TPSA) is 14.2 Å². The summed E-state index contributed by atoms with van der Waals surface area (Å²) in [4.78, 5) is 0. The number of fused-ring (bicyclic) bond motifs is 3. The lowest BCUT2D eigenvalue weighted by Gasteiger charge is -2.23. The molecule has 0 bridgehead atoms. The summed E-state index contributed by atoms with van der Waals surface area (Å²) in [6, 6.07) is 40.5. The van der Waals surface area contributed by atoms with Crippen molar-refractivity contribution in [1.29, 1.82) is 0 Å². The number of hydrogen-bond acceptors (Lipinski definition) is 1. The normalized spacial score (nSPS) is 11.8. The summed E-state index contributed by atoms with van der Waals surface area (Å²) in [5.41, 5.74) is 11.5. The fourth-order valence-electron chi connectivity index (χ4n) is 5.95. The third-order valence-electron chi connectivity index (χ3n) is 9.09. The molecule has 0 saturated carbocycles. The molecule has 0 aliphatic carbocycles. The Balaban J connectivity index is 1.50. The Labute approximate surface area is 250 Å². The molecule has 0 aliphatic heterocycles. The van der Waals surface area contributed by atoms with Gasteiger partial charge in [0.2, 0.25) is 0 Å². The van der Waals surface area contributed by atoms with Crippen molar-refractivity contribution in [2.24, 2.45) is 0 Å². The van der Waals surface area contributed by atoms with Crippen molar-refractivity contribution in [1.82, 2.24) is 4.57 Å². The fraction of sp³-hybridized carbons (Fsp3) is 0.250. The van der Waals surface area contributed by atoms with E-state index < -0.39 is 0 Å². The van der Waals surface area contributed by atoms with Crippen LogP contribution in [-0.2, 0) is 11.8 Å². The number of ether oxygens (including phenoxy) is 1. The molecule has 0 N–H and O–H groups in total. The van der Waals surface area contributed by atoms with Crippen LogP contribution >= 0.6 is 0 Å². The zero-order chi connectivity index (χ0) is 29.3. The van der Waals surface area contributed by atoms with Gasteiger partial charge in [-0.15, -0.1) is 0 Å². The summed E-state index contributed by atoms with van der Waals surface area (Å²) < 4.78 is 7.82. The number of rotatable bonds is 9. The van der Waals surface area contributed by atoms with E-state index in [2.05, 4.69) is 129 Å². The molecule has 0 spiro atoms. The first kappa shape index (κ1) is 27.8. The second-order valence-electron chi connectivity index (χ2n) is 12.1. The number of aryl methyl sites for hydroxylation is 1. The van der Waals surface area contributed by atoms with Crippen molar-refractivity contribution in [3.63, 3.8) is 0 Å². The average molecular weight is 552 g/mol. The van der Waals surface area contributed by atoms with E-state index in [1.807, 2.05) is 12.1 Å². The van der Waals surface area contributed by atoms with Crippen LogP contribution in [0.25, 0.3) is 49.7 Å². The van der Waals surface area contributed by atoms with Crippen molar-refractivity contribution < 1.29 is 4.74 Å². The summed E-state index contributed by atoms with van der Waals surface area (Å²) in [6.45, 7) is 9.15. The highest BCUT2D eigenvalue weighted by Gasteiger charge is 2.18. The van der Waals surface area contributed by atoms with Gasteiger partial charge >= 0.3 is 0 Å². The molecular formula is C40H41NO. The quantitative estimate of drug-likeness (QED) is 0.174. The van der Waals surface area contributed by atoms with Crippen LogP contribution in [0.15, 0.2) is 109 Å². The van der Waals surface area contributed by atoms with E-state index >= 15 is 0 Å². The summed E-state index contributed by atoms with van der Waals surface area (Å²) in [5.74, 6) is 0.872. The molecule has 0 unspecified atom stereocenters. The van der Waals surface area contributed by atoms with E-state index in [1.54, 1.807) is 7.11 Å². The first-order chi connectivity index (χ1) is 20.4. The Morgan fingerprint density at radius 2 is 1.14 bits per heavy atom. The van der Waals surface area contributed by atoms with Gasteiger partial charge in [-0.3, -0.25) is 0 Å². The minimum absolute atomic E-state index is 0.180. The zero-order valence-corrected chi connectivity index (χ0v) is 25.6. The Bertz CT molecular complexity index is 1820. The molecule has 212 valence electrons. The van der Waals surface area contributed by atoms with Gasteiger partial charge in [0.1, 0.15) is 5.75 Å². The number of hydrogen-bond donors (Lipinski definition) is 0. The maximum Gasteiger partial charge on any atom is 0.118 e. The summed E-state index contributed by atoms with van der Waals surface area (Å²) in [6.07, 6.45) is 4.69. The fourth-order valence-corrected chi connectivity index (χ4v) is 5.95. The highest BCUT2D eigenvalue weighted by Crippen LogP contribution is 2.38. The first-order valence-electron chi connectivity index (χ1n) is 15.3. The van der Waals surface area contributed by atoms with Gasteiger partial charge in [-0.05, 0) is 107 Å². The number of aromatic nitrogens is 1. The van der Waals surface area contributed by atoms with Crippen molar-refractivity contribution in [2.45, 2.75) is 58.8 Å². The van der Waals surface area contributed by atoms with Crippen LogP contribution in [0.4, 0.5) is 0 Å². The largest absolute Gasteiger partial charge is 0.497 e. The molecule has 1 heterocycles. The zero-order valence-electron chi connectivity index (χ0n) is 25.6. The van der Waals surface area contributed by atoms with Crippen LogP contribution < -0.4 is 4.74 Å². The second kappa shape index (κ2) is 11.5. The smallest absolute Gasteiger partial charge is 0.118 e. The van der Waals surface area contributed by atoms with E-state index in [9.17, 15) is 0 Å². The molecule has 0 atom stereocenters. The van der Waals surface area contributed by atoms with Crippen LogP contribution in [-0.4, -0.2) is 11.7 Å². The standard InChI is InChI=1S/C40H41NO/c1-6-8-9-28-10-20-34(21-11-28)41-38-24-16-31(29-12-18-33(19-13-29)40(3,4)7-2)26-36(38)37-27-32(17-25-39(37)41)30-14-22-35(42-5)23-15-30/h10-27H,6-9H2,1-5H3. The van der Waals surface area contributed by atoms with Crippen LogP contribution in [0.1, 0.15) is 58.1 Å². The molecule has 0 aliphatic rings. The Kier molecular flexibility index (Phi) is 7.64. The van der Waals surface area contributed by atoms with Gasteiger partial charge in [0.15, 0.2) is 0 Å². The predicted octanol–water partition coefficient (Wildman–Crippen LogP) is 11.2. The molecule has 1 aromatic heterocycles. The maximum atomic E-state index is 5.40. The van der Waals surface area contributed by atoms with Gasteiger partial charge < -0.3 is 9.30 Å². The lowest BCUT2D eigenvalue weighted by molar-refractivity contribution is 0.415. The lowest BCUT2D eigenvalue weighted by Crippen LogP contribution is -2.14. The number of unbranched alkanes of at least 4 members (excludes halogenated alkanes) is 1. The van der Waals surface area contributed by atoms with Crippen molar-refractivity contribution >= 4 is 21.8 Å². The van der Waals surface area contributed by atoms with E-state index in [-0.39, 0.29) is 5.41 Å². The van der Waals surface area contributed by atoms with Gasteiger partial charge in [0.25, 0.3) is 0 Å². The van der Waals surface area contributed by atoms with Crippen molar-refractivity contribution in [2.75, 3.05) is 7.11 Å². The molecule has 5 aromatic carbocycles. The Morgan fingerprint density at radius 3 is 1.64 bits per heavy atom. The van der Waals surface area contributed by atoms with E-state index in [1.165, 1.54) is 73.7 Å². The summed E-state index contributed by atoms with van der Waals surface area (Å²) >= 11 is 0. The molecule has 2 heteroatoms. The van der Waals surface area contributed by atoms with E-state index in [0.29, 0.717) is 0 Å². The van der Waals surface area contributed by atoms with Crippen LogP contribution in [0, 0.1) is 0 Å². The maximum absolute atomic E-state index is 5.40. The van der Waals surface area contributed by atoms with Gasteiger partial charge in [-0.2, -0.15) is 0 Å². The second-order valence-corrected chi connectivity index (χ2v) is 12.1. The SMILES string of the molecule is CCCCc1ccc(-n2c3ccc(-c4ccc(OC)cc4)cc3c3cc(-c4ccc(C(C)(C)CC)cc4)ccc32)cc1. The monoisotopic (exact) mass is 551 g/mol. The highest BCUT2D eigenvalue weighted by molar-refractivity contribution is 6.11. The predicted molar refractivity (Wildman–Crippen MR) is 180 cm³/mol. The van der Waals surface area contributed by atoms with Crippen LogP contribution in [0.2, 0.25) is 0 Å². The van der Waals surface area contributed by atoms with Gasteiger partial charge in [-0.1, -0.05) is 94.8 Å². The average Bonchev–Trinajstić information content (AvgIpc) is 3.37. The van der Waals surface area contributed by atoms with E-state index in [4.69, 9.17) is 4.74 Å². The molecule has 42 heavy (non-hydrogen) atoms. The highest BCUT2D eigenvalue weighted by atomic mass is 16.5. The van der Waals surface area contributed by atoms with Crippen LogP contribution in [0.3, 0.4) is 0 Å². The molecular weight excluding hydrogens is 510 g/mol. The first-order valence-corrected chi connectivity index (χ1v) is 15.3. The third kappa shape index (κ3) is 5.23. The van der Waals surface area contributed by atoms with E-state index in [0.717, 1.165) is 18.6 Å². The molecule has 2 nitrogen and oxygen atoms in total. The molecule has 6 rings (SSSR count). The van der Waals surface area contributed by atoms with Crippen molar-refractivity contribution in [3.05, 3.63) is 120 Å².